The summed E-state index contributed by atoms with van der Waals surface area (Å²) >= 11 is 0. The number of methoxy groups -OCH3 is 1. The number of carbonyl (C=O) groups excluding carboxylic acids is 2. The van der Waals surface area contributed by atoms with Gasteiger partial charge in [-0.25, -0.2) is 4.39 Å². The Kier molecular flexibility index (Phi) is 6.49. The number of carbonyl (C=O) groups is 2. The van der Waals surface area contributed by atoms with Crippen LogP contribution in [-0.2, 0) is 4.79 Å². The van der Waals surface area contributed by atoms with Gasteiger partial charge >= 0.3 is 0 Å². The van der Waals surface area contributed by atoms with Crippen molar-refractivity contribution >= 4 is 17.8 Å². The summed E-state index contributed by atoms with van der Waals surface area (Å²) in [5, 5.41) is 2.65. The van der Waals surface area contributed by atoms with Gasteiger partial charge in [-0.15, -0.1) is 0 Å². The molecule has 6 nitrogen and oxygen atoms in total. The molecule has 0 spiro atoms. The van der Waals surface area contributed by atoms with Crippen LogP contribution in [-0.4, -0.2) is 38.6 Å². The van der Waals surface area contributed by atoms with Gasteiger partial charge in [0.05, 0.1) is 19.3 Å². The largest absolute Gasteiger partial charge is 0.493 e. The van der Waals surface area contributed by atoms with Crippen LogP contribution in [0.2, 0.25) is 0 Å². The normalized spacial score (nSPS) is 14.6. The maximum absolute atomic E-state index is 13.6. The van der Waals surface area contributed by atoms with Crippen LogP contribution in [0.15, 0.2) is 42.0 Å². The van der Waals surface area contributed by atoms with E-state index in [4.69, 9.17) is 14.2 Å². The average Bonchev–Trinajstić information content (AvgIpc) is 2.86. The Morgan fingerprint density at radius 3 is 2.83 bits per heavy atom. The van der Waals surface area contributed by atoms with E-state index in [0.717, 1.165) is 5.56 Å². The molecular formula is C22H22FNO5. The molecule has 0 atom stereocenters. The summed E-state index contributed by atoms with van der Waals surface area (Å²) in [6.07, 6.45) is 2.12. The quantitative estimate of drug-likeness (QED) is 0.754. The van der Waals surface area contributed by atoms with Gasteiger partial charge in [0.15, 0.2) is 23.9 Å². The highest BCUT2D eigenvalue weighted by atomic mass is 19.1. The lowest BCUT2D eigenvalue weighted by molar-refractivity contribution is -0.123. The molecule has 0 fully saturated rings. The molecule has 7 heteroatoms. The standard InChI is InChI=1S/C22H22FNO5/c1-3-24-21(25)13-29-19-6-4-14(11-20(19)27-2)10-15-8-9-28-18-7-5-16(23)12-17(18)22(15)26/h4-7,10-12H,3,8-9,13H2,1-2H3,(H,24,25)/b15-10+. The molecule has 2 aromatic rings. The van der Waals surface area contributed by atoms with Crippen molar-refractivity contribution in [1.29, 1.82) is 0 Å². The number of hydrogen-bond acceptors (Lipinski definition) is 5. The van der Waals surface area contributed by atoms with Crippen LogP contribution >= 0.6 is 0 Å². The molecule has 0 aromatic heterocycles. The molecule has 1 aliphatic heterocycles. The maximum Gasteiger partial charge on any atom is 0.257 e. The molecule has 29 heavy (non-hydrogen) atoms. The van der Waals surface area contributed by atoms with Gasteiger partial charge < -0.3 is 19.5 Å². The van der Waals surface area contributed by atoms with Gasteiger partial charge in [-0.2, -0.15) is 0 Å². The van der Waals surface area contributed by atoms with E-state index in [1.807, 2.05) is 6.92 Å². The number of hydrogen-bond donors (Lipinski definition) is 1. The number of ketones is 1. The van der Waals surface area contributed by atoms with E-state index in [2.05, 4.69) is 5.32 Å². The first-order valence-corrected chi connectivity index (χ1v) is 9.27. The minimum absolute atomic E-state index is 0.122. The first-order chi connectivity index (χ1) is 14.0. The summed E-state index contributed by atoms with van der Waals surface area (Å²) < 4.78 is 30.0. The highest BCUT2D eigenvalue weighted by molar-refractivity contribution is 6.13. The second kappa shape index (κ2) is 9.23. The molecule has 2 aromatic carbocycles. The van der Waals surface area contributed by atoms with Crippen LogP contribution in [0.5, 0.6) is 17.2 Å². The Morgan fingerprint density at radius 1 is 1.24 bits per heavy atom. The third kappa shape index (κ3) is 4.93. The number of nitrogens with one attached hydrogen (secondary N) is 1. The number of ether oxygens (including phenoxy) is 3. The van der Waals surface area contributed by atoms with Crippen LogP contribution in [0.3, 0.4) is 0 Å². The highest BCUT2D eigenvalue weighted by Crippen LogP contribution is 2.31. The fraction of sp³-hybridized carbons (Fsp3) is 0.273. The van der Waals surface area contributed by atoms with Gasteiger partial charge in [0.1, 0.15) is 11.6 Å². The van der Waals surface area contributed by atoms with Crippen LogP contribution in [0.25, 0.3) is 6.08 Å². The minimum Gasteiger partial charge on any atom is -0.493 e. The van der Waals surface area contributed by atoms with Crippen molar-refractivity contribution in [2.75, 3.05) is 26.9 Å². The van der Waals surface area contributed by atoms with Crippen LogP contribution < -0.4 is 19.5 Å². The SMILES string of the molecule is CCNC(=O)COc1ccc(/C=C2\CCOc3ccc(F)cc3C2=O)cc1OC. The van der Waals surface area contributed by atoms with E-state index in [1.54, 1.807) is 24.3 Å². The van der Waals surface area contributed by atoms with Crippen LogP contribution in [0.4, 0.5) is 4.39 Å². The van der Waals surface area contributed by atoms with Crippen LogP contribution in [0, 0.1) is 5.82 Å². The third-order valence-electron chi connectivity index (χ3n) is 4.37. The van der Waals surface area contributed by atoms with Gasteiger partial charge in [0, 0.05) is 18.5 Å². The predicted octanol–water partition coefficient (Wildman–Crippen LogP) is 3.40. The number of rotatable bonds is 6. The molecule has 1 aliphatic rings. The molecule has 152 valence electrons. The molecule has 0 aliphatic carbocycles. The topological polar surface area (TPSA) is 73.9 Å². The molecule has 0 unspecified atom stereocenters. The van der Waals surface area contributed by atoms with Gasteiger partial charge in [0.25, 0.3) is 5.91 Å². The summed E-state index contributed by atoms with van der Waals surface area (Å²) in [6.45, 7) is 2.55. The van der Waals surface area contributed by atoms with Gasteiger partial charge in [0.2, 0.25) is 0 Å². The first kappa shape index (κ1) is 20.4. The molecule has 0 saturated carbocycles. The van der Waals surface area contributed by atoms with E-state index < -0.39 is 5.82 Å². The van der Waals surface area contributed by atoms with Crippen molar-refractivity contribution in [2.24, 2.45) is 0 Å². The third-order valence-corrected chi connectivity index (χ3v) is 4.37. The van der Waals surface area contributed by atoms with E-state index in [-0.39, 0.29) is 23.9 Å². The number of halogens is 1. The smallest absolute Gasteiger partial charge is 0.257 e. The fourth-order valence-electron chi connectivity index (χ4n) is 2.99. The Balaban J connectivity index is 1.84. The van der Waals surface area contributed by atoms with Gasteiger partial charge in [-0.1, -0.05) is 6.07 Å². The monoisotopic (exact) mass is 399 g/mol. The van der Waals surface area contributed by atoms with Crippen molar-refractivity contribution in [2.45, 2.75) is 13.3 Å². The zero-order valence-corrected chi connectivity index (χ0v) is 16.3. The van der Waals surface area contributed by atoms with Crippen molar-refractivity contribution in [3.63, 3.8) is 0 Å². The summed E-state index contributed by atoms with van der Waals surface area (Å²) in [5.41, 5.74) is 1.44. The molecule has 3 rings (SSSR count). The summed E-state index contributed by atoms with van der Waals surface area (Å²) in [6, 6.07) is 9.08. The summed E-state index contributed by atoms with van der Waals surface area (Å²) in [4.78, 5) is 24.4. The molecule has 0 radical (unpaired) electrons. The zero-order valence-electron chi connectivity index (χ0n) is 16.3. The van der Waals surface area contributed by atoms with E-state index >= 15 is 0 Å². The molecular weight excluding hydrogens is 377 g/mol. The lowest BCUT2D eigenvalue weighted by Crippen LogP contribution is -2.28. The number of amides is 1. The Bertz CT molecular complexity index is 954. The maximum atomic E-state index is 13.6. The Hall–Kier alpha value is -3.35. The van der Waals surface area contributed by atoms with E-state index in [9.17, 15) is 14.0 Å². The lowest BCUT2D eigenvalue weighted by Gasteiger charge is -2.11. The number of fused-ring (bicyclic) bond motifs is 1. The highest BCUT2D eigenvalue weighted by Gasteiger charge is 2.22. The first-order valence-electron chi connectivity index (χ1n) is 9.27. The average molecular weight is 399 g/mol. The molecule has 1 heterocycles. The Labute approximate surface area is 168 Å². The lowest BCUT2D eigenvalue weighted by atomic mass is 9.99. The van der Waals surface area contributed by atoms with E-state index in [0.29, 0.717) is 42.4 Å². The molecule has 1 N–H and O–H groups in total. The summed E-state index contributed by atoms with van der Waals surface area (Å²) in [7, 11) is 1.49. The fourth-order valence-corrected chi connectivity index (χ4v) is 2.99. The van der Waals surface area contributed by atoms with Crippen molar-refractivity contribution in [1.82, 2.24) is 5.32 Å². The zero-order chi connectivity index (χ0) is 20.8. The molecule has 0 bridgehead atoms. The minimum atomic E-state index is -0.489. The molecule has 0 saturated heterocycles. The van der Waals surface area contributed by atoms with Crippen molar-refractivity contribution in [3.05, 3.63) is 58.9 Å². The van der Waals surface area contributed by atoms with Crippen molar-refractivity contribution in [3.8, 4) is 17.2 Å². The second-order valence-electron chi connectivity index (χ2n) is 6.39. The number of benzene rings is 2. The second-order valence-corrected chi connectivity index (χ2v) is 6.39. The Morgan fingerprint density at radius 2 is 2.07 bits per heavy atom. The number of likely N-dealkylation sites (N-methyl/N-ethyl adjacent to an activating group) is 1. The molecule has 1 amide bonds. The van der Waals surface area contributed by atoms with Crippen LogP contribution in [0.1, 0.15) is 29.3 Å². The van der Waals surface area contributed by atoms with Crippen molar-refractivity contribution < 1.29 is 28.2 Å². The van der Waals surface area contributed by atoms with E-state index in [1.165, 1.54) is 25.3 Å². The summed E-state index contributed by atoms with van der Waals surface area (Å²) in [5.74, 6) is 0.253. The van der Waals surface area contributed by atoms with Gasteiger partial charge in [-0.05, 0) is 48.9 Å². The number of Topliss-reactive ketones (excluding diaryl/α,β-unsaturated/α-hetero) is 1. The predicted molar refractivity (Wildman–Crippen MR) is 106 cm³/mol. The van der Waals surface area contributed by atoms with Gasteiger partial charge in [-0.3, -0.25) is 9.59 Å².